The van der Waals surface area contributed by atoms with Crippen molar-refractivity contribution in [1.29, 1.82) is 0 Å². The van der Waals surface area contributed by atoms with Crippen LogP contribution in [-0.4, -0.2) is 46.9 Å². The Labute approximate surface area is 118 Å². The number of carboxylic acids is 1. The van der Waals surface area contributed by atoms with Crippen molar-refractivity contribution < 1.29 is 29.5 Å². The van der Waals surface area contributed by atoms with E-state index in [1.807, 2.05) is 5.32 Å². The van der Waals surface area contributed by atoms with Crippen LogP contribution in [0.15, 0.2) is 18.2 Å². The normalized spacial score (nSPS) is 11.3. The molecular formula is C11H13N3O7. The third-order valence-corrected chi connectivity index (χ3v) is 2.43. The highest BCUT2D eigenvalue weighted by atomic mass is 16.6. The van der Waals surface area contributed by atoms with Crippen LogP contribution >= 0.6 is 0 Å². The number of ether oxygens (including phenoxy) is 1. The number of urea groups is 1. The fourth-order valence-corrected chi connectivity index (χ4v) is 1.40. The molecule has 1 rings (SSSR count). The molecule has 0 aliphatic carbocycles. The number of nitro benzene ring substituents is 1. The Morgan fingerprint density at radius 1 is 1.48 bits per heavy atom. The molecule has 0 unspecified atom stereocenters. The van der Waals surface area contributed by atoms with Crippen molar-refractivity contribution in [3.8, 4) is 5.75 Å². The Hall–Kier alpha value is -2.88. The van der Waals surface area contributed by atoms with Crippen LogP contribution < -0.4 is 15.4 Å². The highest BCUT2D eigenvalue weighted by molar-refractivity contribution is 5.93. The van der Waals surface area contributed by atoms with Crippen molar-refractivity contribution in [3.63, 3.8) is 0 Å². The van der Waals surface area contributed by atoms with Crippen LogP contribution in [0.3, 0.4) is 0 Å². The SMILES string of the molecule is COc1cc([N+](=O)[O-])ccc1NC(=O)N[C@H](CO)C(=O)O. The van der Waals surface area contributed by atoms with Gasteiger partial charge in [0.05, 0.1) is 30.4 Å². The second-order valence-electron chi connectivity index (χ2n) is 3.81. The Bertz CT molecular complexity index is 561. The number of carbonyl (C=O) groups is 2. The number of rotatable bonds is 6. The van der Waals surface area contributed by atoms with Crippen LogP contribution in [0.5, 0.6) is 5.75 Å². The maximum atomic E-state index is 11.6. The molecule has 2 amide bonds. The van der Waals surface area contributed by atoms with Gasteiger partial charge in [0.15, 0.2) is 6.04 Å². The van der Waals surface area contributed by atoms with Crippen LogP contribution in [0.2, 0.25) is 0 Å². The van der Waals surface area contributed by atoms with Crippen LogP contribution in [0.25, 0.3) is 0 Å². The Morgan fingerprint density at radius 2 is 2.14 bits per heavy atom. The molecule has 0 heterocycles. The van der Waals surface area contributed by atoms with Gasteiger partial charge in [0, 0.05) is 6.07 Å². The van der Waals surface area contributed by atoms with E-state index in [4.69, 9.17) is 14.9 Å². The summed E-state index contributed by atoms with van der Waals surface area (Å²) in [6, 6.07) is 1.14. The number of hydrogen-bond acceptors (Lipinski definition) is 6. The van der Waals surface area contributed by atoms with Gasteiger partial charge in [-0.1, -0.05) is 0 Å². The molecule has 0 aliphatic rings. The van der Waals surface area contributed by atoms with Gasteiger partial charge >= 0.3 is 12.0 Å². The summed E-state index contributed by atoms with van der Waals surface area (Å²) < 4.78 is 4.90. The predicted molar refractivity (Wildman–Crippen MR) is 70.3 cm³/mol. The molecule has 0 saturated carbocycles. The topological polar surface area (TPSA) is 151 Å². The van der Waals surface area contributed by atoms with Gasteiger partial charge in [-0.15, -0.1) is 0 Å². The van der Waals surface area contributed by atoms with E-state index in [9.17, 15) is 19.7 Å². The monoisotopic (exact) mass is 299 g/mol. The van der Waals surface area contributed by atoms with E-state index in [-0.39, 0.29) is 17.1 Å². The molecule has 0 spiro atoms. The summed E-state index contributed by atoms with van der Waals surface area (Å²) in [5, 5.41) is 32.4. The summed E-state index contributed by atoms with van der Waals surface area (Å²) in [5.74, 6) is -1.36. The molecule has 0 bridgehead atoms. The Balaban J connectivity index is 2.85. The molecule has 114 valence electrons. The number of aliphatic carboxylic acids is 1. The van der Waals surface area contributed by atoms with Gasteiger partial charge in [0.1, 0.15) is 5.75 Å². The molecule has 1 aromatic carbocycles. The number of aliphatic hydroxyl groups is 1. The number of aliphatic hydroxyl groups excluding tert-OH is 1. The van der Waals surface area contributed by atoms with E-state index < -0.39 is 29.6 Å². The zero-order valence-electron chi connectivity index (χ0n) is 10.9. The fourth-order valence-electron chi connectivity index (χ4n) is 1.40. The average Bonchev–Trinajstić information content (AvgIpc) is 2.44. The van der Waals surface area contributed by atoms with Gasteiger partial charge in [-0.05, 0) is 6.07 Å². The summed E-state index contributed by atoms with van der Waals surface area (Å²) in [6.07, 6.45) is 0. The van der Waals surface area contributed by atoms with Gasteiger partial charge in [-0.2, -0.15) is 0 Å². The maximum absolute atomic E-state index is 11.6. The van der Waals surface area contributed by atoms with Gasteiger partial charge in [-0.25, -0.2) is 9.59 Å². The van der Waals surface area contributed by atoms with Crippen molar-refractivity contribution in [2.45, 2.75) is 6.04 Å². The van der Waals surface area contributed by atoms with Gasteiger partial charge in [0.2, 0.25) is 0 Å². The van der Waals surface area contributed by atoms with Crippen LogP contribution in [0, 0.1) is 10.1 Å². The average molecular weight is 299 g/mol. The van der Waals surface area contributed by atoms with Gasteiger partial charge in [-0.3, -0.25) is 10.1 Å². The zero-order chi connectivity index (χ0) is 16.0. The second kappa shape index (κ2) is 7.05. The van der Waals surface area contributed by atoms with Crippen molar-refractivity contribution >= 4 is 23.4 Å². The van der Waals surface area contributed by atoms with E-state index in [1.165, 1.54) is 13.2 Å². The summed E-state index contributed by atoms with van der Waals surface area (Å²) in [7, 11) is 1.26. The lowest BCUT2D eigenvalue weighted by Crippen LogP contribution is -2.45. The van der Waals surface area contributed by atoms with Crippen LogP contribution in [0.4, 0.5) is 16.2 Å². The lowest BCUT2D eigenvalue weighted by molar-refractivity contribution is -0.384. The van der Waals surface area contributed by atoms with Crippen molar-refractivity contribution in [3.05, 3.63) is 28.3 Å². The van der Waals surface area contributed by atoms with Gasteiger partial charge < -0.3 is 25.6 Å². The number of hydrogen-bond donors (Lipinski definition) is 4. The summed E-state index contributed by atoms with van der Waals surface area (Å²) in [6.45, 7) is -0.778. The number of nitrogens with one attached hydrogen (secondary N) is 2. The Kier molecular flexibility index (Phi) is 5.43. The van der Waals surface area contributed by atoms with Gasteiger partial charge in [0.25, 0.3) is 5.69 Å². The third-order valence-electron chi connectivity index (χ3n) is 2.43. The first kappa shape index (κ1) is 16.2. The van der Waals surface area contributed by atoms with Crippen LogP contribution in [0.1, 0.15) is 0 Å². The highest BCUT2D eigenvalue weighted by Gasteiger charge is 2.20. The van der Waals surface area contributed by atoms with E-state index in [0.717, 1.165) is 12.1 Å². The number of amides is 2. The number of methoxy groups -OCH3 is 1. The number of carboxylic acid groups (broad SMARTS) is 1. The number of non-ortho nitro benzene ring substituents is 1. The molecular weight excluding hydrogens is 286 g/mol. The lowest BCUT2D eigenvalue weighted by atomic mass is 10.2. The van der Waals surface area contributed by atoms with Crippen molar-refractivity contribution in [1.82, 2.24) is 5.32 Å². The molecule has 10 heteroatoms. The molecule has 1 aromatic rings. The van der Waals surface area contributed by atoms with Crippen LogP contribution in [-0.2, 0) is 4.79 Å². The quantitative estimate of drug-likeness (QED) is 0.431. The number of nitro groups is 1. The van der Waals surface area contributed by atoms with E-state index in [2.05, 4.69) is 5.32 Å². The third kappa shape index (κ3) is 4.31. The molecule has 0 saturated heterocycles. The predicted octanol–water partition coefficient (Wildman–Crippen LogP) is 0.170. The number of benzene rings is 1. The number of carbonyl (C=O) groups excluding carboxylic acids is 1. The van der Waals surface area contributed by atoms with Crippen molar-refractivity contribution in [2.75, 3.05) is 19.0 Å². The standard InChI is InChI=1S/C11H13N3O7/c1-21-9-4-6(14(19)20)2-3-7(9)12-11(18)13-8(5-15)10(16)17/h2-4,8,15H,5H2,1H3,(H,16,17)(H2,12,13,18)/t8-/m1/s1. The molecule has 4 N–H and O–H groups in total. The Morgan fingerprint density at radius 3 is 2.62 bits per heavy atom. The molecule has 0 fully saturated rings. The molecule has 10 nitrogen and oxygen atoms in total. The highest BCUT2D eigenvalue weighted by Crippen LogP contribution is 2.28. The molecule has 0 radical (unpaired) electrons. The first-order chi connectivity index (χ1) is 9.88. The van der Waals surface area contributed by atoms with E-state index in [1.54, 1.807) is 0 Å². The second-order valence-corrected chi connectivity index (χ2v) is 3.81. The first-order valence-electron chi connectivity index (χ1n) is 5.62. The van der Waals surface area contributed by atoms with E-state index in [0.29, 0.717) is 0 Å². The molecule has 21 heavy (non-hydrogen) atoms. The number of anilines is 1. The fraction of sp³-hybridized carbons (Fsp3) is 0.273. The lowest BCUT2D eigenvalue weighted by Gasteiger charge is -2.14. The first-order valence-corrected chi connectivity index (χ1v) is 5.62. The largest absolute Gasteiger partial charge is 0.494 e. The smallest absolute Gasteiger partial charge is 0.328 e. The molecule has 1 atom stereocenters. The minimum absolute atomic E-state index is 0.0372. The summed E-state index contributed by atoms with van der Waals surface area (Å²) in [5.41, 5.74) is -0.112. The van der Waals surface area contributed by atoms with Crippen molar-refractivity contribution in [2.24, 2.45) is 0 Å². The summed E-state index contributed by atoms with van der Waals surface area (Å²) in [4.78, 5) is 32.2. The molecule has 0 aliphatic heterocycles. The molecule has 0 aromatic heterocycles. The minimum atomic E-state index is -1.46. The zero-order valence-corrected chi connectivity index (χ0v) is 10.9. The summed E-state index contributed by atoms with van der Waals surface area (Å²) >= 11 is 0. The number of nitrogens with zero attached hydrogens (tertiary/aromatic N) is 1. The minimum Gasteiger partial charge on any atom is -0.494 e. The maximum Gasteiger partial charge on any atom is 0.328 e. The van der Waals surface area contributed by atoms with E-state index >= 15 is 0 Å².